The monoisotopic (exact) mass is 291 g/mol. The maximum absolute atomic E-state index is 13.5. The van der Waals surface area contributed by atoms with Crippen molar-refractivity contribution in [2.24, 2.45) is 0 Å². The molecule has 2 aromatic rings. The smallest absolute Gasteiger partial charge is 0.132 e. The molecule has 0 spiro atoms. The molecule has 0 saturated carbocycles. The molecule has 112 valence electrons. The van der Waals surface area contributed by atoms with Crippen molar-refractivity contribution in [1.29, 1.82) is 0 Å². The van der Waals surface area contributed by atoms with E-state index in [0.717, 1.165) is 18.2 Å². The maximum Gasteiger partial charge on any atom is 0.132 e. The van der Waals surface area contributed by atoms with Gasteiger partial charge in [-0.1, -0.05) is 19.1 Å². The Bertz CT molecular complexity index is 584. The molecule has 1 unspecified atom stereocenters. The molecule has 0 radical (unpaired) electrons. The lowest BCUT2D eigenvalue weighted by molar-refractivity contribution is 0.299. The Kier molecular flexibility index (Phi) is 5.28. The molecule has 0 saturated heterocycles. The molecule has 1 N–H and O–H groups in total. The summed E-state index contributed by atoms with van der Waals surface area (Å²) in [7, 11) is 0. The number of hydrogen-bond acceptors (Lipinski definition) is 2. The third-order valence-corrected chi connectivity index (χ3v) is 3.30. The zero-order valence-corrected chi connectivity index (χ0v) is 12.2. The lowest BCUT2D eigenvalue weighted by atomic mass is 10.1. The molecule has 2 nitrogen and oxygen atoms in total. The molecule has 2 aromatic carbocycles. The topological polar surface area (TPSA) is 21.3 Å². The van der Waals surface area contributed by atoms with Gasteiger partial charge in [-0.2, -0.15) is 0 Å². The maximum atomic E-state index is 13.5. The van der Waals surface area contributed by atoms with Crippen molar-refractivity contribution in [3.05, 3.63) is 65.2 Å². The third-order valence-electron chi connectivity index (χ3n) is 3.30. The number of hydrogen-bond donors (Lipinski definition) is 1. The summed E-state index contributed by atoms with van der Waals surface area (Å²) in [4.78, 5) is 0. The molecule has 4 heteroatoms. The Morgan fingerprint density at radius 3 is 2.43 bits per heavy atom. The summed E-state index contributed by atoms with van der Waals surface area (Å²) in [5, 5.41) is 3.33. The van der Waals surface area contributed by atoms with Gasteiger partial charge in [0.05, 0.1) is 0 Å². The quantitative estimate of drug-likeness (QED) is 0.860. The minimum Gasteiger partial charge on any atom is -0.489 e. The van der Waals surface area contributed by atoms with Crippen LogP contribution in [0.1, 0.15) is 31.0 Å². The predicted molar refractivity (Wildman–Crippen MR) is 79.2 cm³/mol. The van der Waals surface area contributed by atoms with Crippen molar-refractivity contribution in [3.8, 4) is 5.75 Å². The molecule has 0 aliphatic heterocycles. The highest BCUT2D eigenvalue weighted by atomic mass is 19.1. The van der Waals surface area contributed by atoms with Gasteiger partial charge in [0.25, 0.3) is 0 Å². The van der Waals surface area contributed by atoms with Gasteiger partial charge >= 0.3 is 0 Å². The number of nitrogens with one attached hydrogen (secondary N) is 1. The van der Waals surface area contributed by atoms with E-state index < -0.39 is 11.6 Å². The van der Waals surface area contributed by atoms with Gasteiger partial charge in [0, 0.05) is 17.7 Å². The average Bonchev–Trinajstić information content (AvgIpc) is 2.47. The Morgan fingerprint density at radius 1 is 1.10 bits per heavy atom. The number of rotatable bonds is 6. The van der Waals surface area contributed by atoms with Crippen LogP contribution in [0.4, 0.5) is 8.78 Å². The first-order valence-electron chi connectivity index (χ1n) is 7.00. The van der Waals surface area contributed by atoms with Gasteiger partial charge in [0.2, 0.25) is 0 Å². The minimum absolute atomic E-state index is 0.0776. The summed E-state index contributed by atoms with van der Waals surface area (Å²) >= 11 is 0. The number of halogens is 2. The Hall–Kier alpha value is -1.94. The Balaban J connectivity index is 1.97. The molecule has 0 heterocycles. The van der Waals surface area contributed by atoms with E-state index in [0.29, 0.717) is 11.3 Å². The van der Waals surface area contributed by atoms with Crippen LogP contribution in [0.2, 0.25) is 0 Å². The number of ether oxygens (including phenoxy) is 1. The highest BCUT2D eigenvalue weighted by Crippen LogP contribution is 2.19. The molecular formula is C17H19F2NO. The van der Waals surface area contributed by atoms with Gasteiger partial charge in [0.1, 0.15) is 24.0 Å². The van der Waals surface area contributed by atoms with E-state index in [2.05, 4.69) is 19.2 Å². The molecule has 21 heavy (non-hydrogen) atoms. The van der Waals surface area contributed by atoms with Crippen LogP contribution in [0, 0.1) is 11.6 Å². The van der Waals surface area contributed by atoms with Crippen LogP contribution in [0.15, 0.2) is 42.5 Å². The largest absolute Gasteiger partial charge is 0.489 e. The van der Waals surface area contributed by atoms with E-state index in [-0.39, 0.29) is 12.6 Å². The van der Waals surface area contributed by atoms with Crippen LogP contribution in [-0.4, -0.2) is 6.54 Å². The molecule has 0 amide bonds. The fourth-order valence-electron chi connectivity index (χ4n) is 2.08. The first-order valence-corrected chi connectivity index (χ1v) is 7.00. The standard InChI is InChI=1S/C17H19F2NO/c1-3-20-12(2)13-5-8-16(9-6-13)21-11-14-4-7-15(18)10-17(14)19/h4-10,12,20H,3,11H2,1-2H3. The van der Waals surface area contributed by atoms with E-state index in [1.807, 2.05) is 24.3 Å². The zero-order valence-electron chi connectivity index (χ0n) is 12.2. The fourth-order valence-corrected chi connectivity index (χ4v) is 2.08. The molecule has 0 aliphatic carbocycles. The summed E-state index contributed by atoms with van der Waals surface area (Å²) in [5.41, 5.74) is 1.50. The molecule has 2 rings (SSSR count). The molecule has 0 aliphatic rings. The molecule has 0 fully saturated rings. The van der Waals surface area contributed by atoms with Gasteiger partial charge in [0.15, 0.2) is 0 Å². The lowest BCUT2D eigenvalue weighted by Gasteiger charge is -2.13. The van der Waals surface area contributed by atoms with Crippen LogP contribution >= 0.6 is 0 Å². The van der Waals surface area contributed by atoms with Crippen LogP contribution < -0.4 is 10.1 Å². The highest BCUT2D eigenvalue weighted by Gasteiger charge is 2.06. The van der Waals surface area contributed by atoms with Crippen LogP contribution in [0.3, 0.4) is 0 Å². The van der Waals surface area contributed by atoms with E-state index >= 15 is 0 Å². The Morgan fingerprint density at radius 2 is 1.81 bits per heavy atom. The van der Waals surface area contributed by atoms with E-state index in [1.165, 1.54) is 12.1 Å². The molecule has 0 aromatic heterocycles. The van der Waals surface area contributed by atoms with Crippen molar-refractivity contribution in [2.45, 2.75) is 26.5 Å². The van der Waals surface area contributed by atoms with Crippen LogP contribution in [0.5, 0.6) is 5.75 Å². The minimum atomic E-state index is -0.590. The van der Waals surface area contributed by atoms with Crippen molar-refractivity contribution in [3.63, 3.8) is 0 Å². The highest BCUT2D eigenvalue weighted by molar-refractivity contribution is 5.29. The second-order valence-electron chi connectivity index (χ2n) is 4.87. The normalized spacial score (nSPS) is 12.2. The van der Waals surface area contributed by atoms with Gasteiger partial charge in [-0.25, -0.2) is 8.78 Å². The Labute approximate surface area is 123 Å². The van der Waals surface area contributed by atoms with Gasteiger partial charge in [-0.3, -0.25) is 0 Å². The lowest BCUT2D eigenvalue weighted by Crippen LogP contribution is -2.17. The summed E-state index contributed by atoms with van der Waals surface area (Å²) < 4.78 is 31.8. The zero-order chi connectivity index (χ0) is 15.2. The fraction of sp³-hybridized carbons (Fsp3) is 0.294. The average molecular weight is 291 g/mol. The third kappa shape index (κ3) is 4.26. The van der Waals surface area contributed by atoms with Crippen molar-refractivity contribution < 1.29 is 13.5 Å². The van der Waals surface area contributed by atoms with Crippen molar-refractivity contribution >= 4 is 0 Å². The molecule has 1 atom stereocenters. The number of benzene rings is 2. The molecular weight excluding hydrogens is 272 g/mol. The van der Waals surface area contributed by atoms with Gasteiger partial charge in [-0.15, -0.1) is 0 Å². The summed E-state index contributed by atoms with van der Waals surface area (Å²) in [6.45, 7) is 5.13. The SMILES string of the molecule is CCNC(C)c1ccc(OCc2ccc(F)cc2F)cc1. The summed E-state index contributed by atoms with van der Waals surface area (Å²) in [6, 6.07) is 11.4. The second-order valence-corrected chi connectivity index (χ2v) is 4.87. The summed E-state index contributed by atoms with van der Waals surface area (Å²) in [5.74, 6) is -0.517. The molecule has 0 bridgehead atoms. The summed E-state index contributed by atoms with van der Waals surface area (Å²) in [6.07, 6.45) is 0. The first kappa shape index (κ1) is 15.4. The second kappa shape index (κ2) is 7.18. The van der Waals surface area contributed by atoms with Crippen LogP contribution in [0.25, 0.3) is 0 Å². The van der Waals surface area contributed by atoms with Crippen molar-refractivity contribution in [1.82, 2.24) is 5.32 Å². The van der Waals surface area contributed by atoms with E-state index in [9.17, 15) is 8.78 Å². The first-order chi connectivity index (χ1) is 10.1. The predicted octanol–water partition coefficient (Wildman–Crippen LogP) is 4.21. The van der Waals surface area contributed by atoms with E-state index in [1.54, 1.807) is 0 Å². The van der Waals surface area contributed by atoms with Crippen LogP contribution in [-0.2, 0) is 6.61 Å². The van der Waals surface area contributed by atoms with E-state index in [4.69, 9.17) is 4.74 Å². The van der Waals surface area contributed by atoms with Gasteiger partial charge < -0.3 is 10.1 Å². The van der Waals surface area contributed by atoms with Crippen molar-refractivity contribution in [2.75, 3.05) is 6.54 Å². The van der Waals surface area contributed by atoms with Gasteiger partial charge in [-0.05, 0) is 43.3 Å².